The van der Waals surface area contributed by atoms with E-state index in [4.69, 9.17) is 0 Å². The van der Waals surface area contributed by atoms with Gasteiger partial charge in [0.15, 0.2) is 17.5 Å². The summed E-state index contributed by atoms with van der Waals surface area (Å²) in [6.45, 7) is 0. The number of hydrogen-bond donors (Lipinski definition) is 1. The van der Waals surface area contributed by atoms with E-state index < -0.39 is 35.6 Å². The molecule has 0 radical (unpaired) electrons. The van der Waals surface area contributed by atoms with Gasteiger partial charge in [-0.25, -0.2) is 17.6 Å². The number of carbonyl (C=O) groups is 1. The molecule has 3 nitrogen and oxygen atoms in total. The standard InChI is InChI=1S/C13H8F4N2O/c14-8-5-10(16)9(15)3-7(8)4-13(20)19-12-1-2-18-6-11(12)17/h1-3,5-6H,4H2,(H,18,19,20). The van der Waals surface area contributed by atoms with E-state index in [1.54, 1.807) is 0 Å². The predicted octanol–water partition coefficient (Wildman–Crippen LogP) is 2.82. The lowest BCUT2D eigenvalue weighted by atomic mass is 10.1. The molecule has 0 saturated carbocycles. The molecule has 0 aliphatic carbocycles. The quantitative estimate of drug-likeness (QED) is 0.695. The zero-order valence-corrected chi connectivity index (χ0v) is 9.96. The molecule has 2 rings (SSSR count). The summed E-state index contributed by atoms with van der Waals surface area (Å²) in [6.07, 6.45) is 1.61. The number of amides is 1. The maximum absolute atomic E-state index is 13.3. The first-order valence-electron chi connectivity index (χ1n) is 5.50. The Morgan fingerprint density at radius 1 is 1.05 bits per heavy atom. The second kappa shape index (κ2) is 5.68. The van der Waals surface area contributed by atoms with Crippen molar-refractivity contribution in [3.63, 3.8) is 0 Å². The summed E-state index contributed by atoms with van der Waals surface area (Å²) >= 11 is 0. The van der Waals surface area contributed by atoms with Crippen LogP contribution in [0, 0.1) is 23.3 Å². The second-order valence-electron chi connectivity index (χ2n) is 3.94. The minimum absolute atomic E-state index is 0.131. The lowest BCUT2D eigenvalue weighted by Crippen LogP contribution is -2.16. The highest BCUT2D eigenvalue weighted by Gasteiger charge is 2.14. The van der Waals surface area contributed by atoms with Crippen LogP contribution in [0.1, 0.15) is 5.56 Å². The van der Waals surface area contributed by atoms with Crippen molar-refractivity contribution in [3.8, 4) is 0 Å². The zero-order valence-electron chi connectivity index (χ0n) is 9.96. The van der Waals surface area contributed by atoms with Crippen LogP contribution in [0.3, 0.4) is 0 Å². The summed E-state index contributed by atoms with van der Waals surface area (Å²) in [7, 11) is 0. The van der Waals surface area contributed by atoms with Crippen LogP contribution < -0.4 is 5.32 Å². The van der Waals surface area contributed by atoms with Gasteiger partial charge in [-0.2, -0.15) is 0 Å². The van der Waals surface area contributed by atoms with Crippen LogP contribution in [0.15, 0.2) is 30.6 Å². The lowest BCUT2D eigenvalue weighted by Gasteiger charge is -2.07. The largest absolute Gasteiger partial charge is 0.323 e. The highest BCUT2D eigenvalue weighted by atomic mass is 19.2. The zero-order chi connectivity index (χ0) is 14.7. The molecule has 0 aliphatic rings. The molecule has 0 fully saturated rings. The van der Waals surface area contributed by atoms with Crippen molar-refractivity contribution in [2.45, 2.75) is 6.42 Å². The molecule has 0 atom stereocenters. The molecule has 1 aromatic heterocycles. The van der Waals surface area contributed by atoms with Crippen LogP contribution in [0.5, 0.6) is 0 Å². The summed E-state index contributed by atoms with van der Waals surface area (Å²) < 4.78 is 52.2. The first-order valence-corrected chi connectivity index (χ1v) is 5.50. The van der Waals surface area contributed by atoms with Crippen LogP contribution in [-0.4, -0.2) is 10.9 Å². The van der Waals surface area contributed by atoms with E-state index in [1.165, 1.54) is 12.3 Å². The molecule has 20 heavy (non-hydrogen) atoms. The fraction of sp³-hybridized carbons (Fsp3) is 0.0769. The molecule has 1 amide bonds. The molecule has 1 heterocycles. The van der Waals surface area contributed by atoms with E-state index in [9.17, 15) is 22.4 Å². The SMILES string of the molecule is O=C(Cc1cc(F)c(F)cc1F)Nc1ccncc1F. The van der Waals surface area contributed by atoms with Crippen molar-refractivity contribution in [1.82, 2.24) is 4.98 Å². The number of rotatable bonds is 3. The third-order valence-corrected chi connectivity index (χ3v) is 2.49. The van der Waals surface area contributed by atoms with E-state index in [1.807, 2.05) is 0 Å². The number of aromatic nitrogens is 1. The molecule has 0 aliphatic heterocycles. The molecule has 104 valence electrons. The minimum Gasteiger partial charge on any atom is -0.323 e. The van der Waals surface area contributed by atoms with Crippen molar-refractivity contribution < 1.29 is 22.4 Å². The van der Waals surface area contributed by atoms with E-state index in [0.717, 1.165) is 6.20 Å². The summed E-state index contributed by atoms with van der Waals surface area (Å²) in [6, 6.07) is 2.16. The minimum atomic E-state index is -1.34. The Morgan fingerprint density at radius 3 is 2.45 bits per heavy atom. The van der Waals surface area contributed by atoms with Crippen LogP contribution in [0.25, 0.3) is 0 Å². The summed E-state index contributed by atoms with van der Waals surface area (Å²) in [5.41, 5.74) is -0.455. The van der Waals surface area contributed by atoms with Gasteiger partial charge in [-0.15, -0.1) is 0 Å². The Morgan fingerprint density at radius 2 is 1.75 bits per heavy atom. The number of nitrogens with one attached hydrogen (secondary N) is 1. The highest BCUT2D eigenvalue weighted by molar-refractivity contribution is 5.92. The van der Waals surface area contributed by atoms with Crippen LogP contribution >= 0.6 is 0 Å². The van der Waals surface area contributed by atoms with Gasteiger partial charge in [-0.1, -0.05) is 0 Å². The number of pyridine rings is 1. The number of anilines is 1. The van der Waals surface area contributed by atoms with Gasteiger partial charge in [0.05, 0.1) is 18.3 Å². The fourth-order valence-corrected chi connectivity index (χ4v) is 1.54. The van der Waals surface area contributed by atoms with Crippen LogP contribution in [0.2, 0.25) is 0 Å². The smallest absolute Gasteiger partial charge is 0.228 e. The number of carbonyl (C=O) groups excluding carboxylic acids is 1. The molecule has 2 aromatic rings. The summed E-state index contributed by atoms with van der Waals surface area (Å²) in [4.78, 5) is 15.1. The maximum Gasteiger partial charge on any atom is 0.228 e. The van der Waals surface area contributed by atoms with Gasteiger partial charge < -0.3 is 5.32 Å². The van der Waals surface area contributed by atoms with Gasteiger partial charge in [-0.3, -0.25) is 9.78 Å². The molecule has 0 bridgehead atoms. The Bertz CT molecular complexity index is 661. The molecule has 0 unspecified atom stereocenters. The van der Waals surface area contributed by atoms with Crippen molar-refractivity contribution in [3.05, 3.63) is 59.4 Å². The maximum atomic E-state index is 13.3. The normalized spacial score (nSPS) is 10.4. The fourth-order valence-electron chi connectivity index (χ4n) is 1.54. The van der Waals surface area contributed by atoms with Gasteiger partial charge >= 0.3 is 0 Å². The first-order chi connectivity index (χ1) is 9.47. The predicted molar refractivity (Wildman–Crippen MR) is 62.8 cm³/mol. The van der Waals surface area contributed by atoms with E-state index in [-0.39, 0.29) is 11.3 Å². The molecule has 0 spiro atoms. The number of hydrogen-bond acceptors (Lipinski definition) is 2. The van der Waals surface area contributed by atoms with Crippen molar-refractivity contribution >= 4 is 11.6 Å². The highest BCUT2D eigenvalue weighted by Crippen LogP contribution is 2.16. The topological polar surface area (TPSA) is 42.0 Å². The molecular weight excluding hydrogens is 276 g/mol. The van der Waals surface area contributed by atoms with Gasteiger partial charge in [-0.05, 0) is 12.1 Å². The van der Waals surface area contributed by atoms with E-state index >= 15 is 0 Å². The third-order valence-electron chi connectivity index (χ3n) is 2.49. The van der Waals surface area contributed by atoms with Crippen molar-refractivity contribution in [2.75, 3.05) is 5.32 Å². The van der Waals surface area contributed by atoms with Crippen molar-refractivity contribution in [2.24, 2.45) is 0 Å². The van der Waals surface area contributed by atoms with Gasteiger partial charge in [0.25, 0.3) is 0 Å². The van der Waals surface area contributed by atoms with Gasteiger partial charge in [0, 0.05) is 17.8 Å². The lowest BCUT2D eigenvalue weighted by molar-refractivity contribution is -0.115. The molecule has 0 saturated heterocycles. The molecule has 1 aromatic carbocycles. The summed E-state index contributed by atoms with van der Waals surface area (Å²) in [5.74, 6) is -5.17. The van der Waals surface area contributed by atoms with E-state index in [2.05, 4.69) is 10.3 Å². The molecule has 7 heteroatoms. The van der Waals surface area contributed by atoms with E-state index in [0.29, 0.717) is 12.1 Å². The van der Waals surface area contributed by atoms with Crippen LogP contribution in [0.4, 0.5) is 23.2 Å². The number of nitrogens with zero attached hydrogens (tertiary/aromatic N) is 1. The van der Waals surface area contributed by atoms with Crippen molar-refractivity contribution in [1.29, 1.82) is 0 Å². The Labute approximate surface area is 111 Å². The third kappa shape index (κ3) is 3.11. The Balaban J connectivity index is 2.13. The number of benzene rings is 1. The average Bonchev–Trinajstić information content (AvgIpc) is 2.39. The summed E-state index contributed by atoms with van der Waals surface area (Å²) in [5, 5.41) is 2.18. The Kier molecular flexibility index (Phi) is 3.97. The number of halogens is 4. The first kappa shape index (κ1) is 14.0. The van der Waals surface area contributed by atoms with Gasteiger partial charge in [0.1, 0.15) is 5.82 Å². The monoisotopic (exact) mass is 284 g/mol. The second-order valence-corrected chi connectivity index (χ2v) is 3.94. The molecule has 1 N–H and O–H groups in total. The van der Waals surface area contributed by atoms with Gasteiger partial charge in [0.2, 0.25) is 5.91 Å². The average molecular weight is 284 g/mol. The molecular formula is C13H8F4N2O. The van der Waals surface area contributed by atoms with Crippen LogP contribution in [-0.2, 0) is 11.2 Å². The Hall–Kier alpha value is -2.44.